The highest BCUT2D eigenvalue weighted by Crippen LogP contribution is 2.43. The van der Waals surface area contributed by atoms with E-state index in [0.29, 0.717) is 4.57 Å². The quantitative estimate of drug-likeness (QED) is 0.608. The van der Waals surface area contributed by atoms with E-state index in [0.717, 1.165) is 12.3 Å². The Morgan fingerprint density at radius 2 is 2.11 bits per heavy atom. The molecule has 1 heterocycles. The summed E-state index contributed by atoms with van der Waals surface area (Å²) in [5.41, 5.74) is 4.10. The Balaban J connectivity index is 2.55. The Labute approximate surface area is 105 Å². The molecule has 0 bridgehead atoms. The summed E-state index contributed by atoms with van der Waals surface area (Å²) in [4.78, 5) is 26.5. The molecule has 1 aromatic rings. The average molecular weight is 275 g/mol. The van der Waals surface area contributed by atoms with Crippen LogP contribution in [-0.2, 0) is 4.79 Å². The highest BCUT2D eigenvalue weighted by molar-refractivity contribution is 5.89. The lowest BCUT2D eigenvalue weighted by Crippen LogP contribution is -2.41. The van der Waals surface area contributed by atoms with E-state index in [4.69, 9.17) is 10.8 Å². The molecule has 1 aliphatic rings. The number of nitrogens with two attached hydrogens (primary N) is 1. The van der Waals surface area contributed by atoms with Crippen LogP contribution in [0.3, 0.4) is 0 Å². The van der Waals surface area contributed by atoms with Gasteiger partial charge in [0.15, 0.2) is 11.8 Å². The van der Waals surface area contributed by atoms with E-state index in [1.54, 1.807) is 0 Å². The first-order valence-electron chi connectivity index (χ1n) is 5.35. The predicted octanol–water partition coefficient (Wildman–Crippen LogP) is -1.45. The minimum Gasteiger partial charge on any atom is -0.396 e. The Kier molecular flexibility index (Phi) is 3.11. The molecule has 0 amide bonds. The number of hydrogen-bond acceptors (Lipinski definition) is 6. The molecule has 19 heavy (non-hydrogen) atoms. The smallest absolute Gasteiger partial charge is 0.350 e. The predicted molar refractivity (Wildman–Crippen MR) is 58.5 cm³/mol. The Morgan fingerprint density at radius 3 is 2.58 bits per heavy atom. The summed E-state index contributed by atoms with van der Waals surface area (Å²) in [6.07, 6.45) is -1.44. The van der Waals surface area contributed by atoms with Crippen molar-refractivity contribution in [2.24, 2.45) is 5.92 Å². The van der Waals surface area contributed by atoms with Crippen molar-refractivity contribution in [1.29, 1.82) is 0 Å². The number of aliphatic hydroxyl groups excluding tert-OH is 2. The van der Waals surface area contributed by atoms with Crippen molar-refractivity contribution in [2.45, 2.75) is 18.1 Å². The zero-order valence-electron chi connectivity index (χ0n) is 9.53. The van der Waals surface area contributed by atoms with Gasteiger partial charge in [0.1, 0.15) is 11.9 Å². The van der Waals surface area contributed by atoms with E-state index in [1.165, 1.54) is 0 Å². The summed E-state index contributed by atoms with van der Waals surface area (Å²) in [6, 6.07) is -1.11. The van der Waals surface area contributed by atoms with Gasteiger partial charge in [0.05, 0.1) is 12.5 Å². The van der Waals surface area contributed by atoms with E-state index >= 15 is 0 Å². The number of aromatic nitrogens is 2. The third kappa shape index (κ3) is 1.90. The molecule has 0 aromatic carbocycles. The number of aliphatic hydroxyl groups is 2. The summed E-state index contributed by atoms with van der Waals surface area (Å²) >= 11 is 0. The fraction of sp³-hybridized carbons (Fsp3) is 0.500. The van der Waals surface area contributed by atoms with Crippen molar-refractivity contribution < 1.29 is 23.8 Å². The standard InChI is InChI=1S/C10H11F2N3O4/c11-10(12)7(6(17)4(3-16)8(10)18)15-2-1-5(13)14-9(15)19/h1-2,4,7-8,16,18H,3H2,(H2,13,14,19)/t4-,7+,8+/m0/s1. The summed E-state index contributed by atoms with van der Waals surface area (Å²) < 4.78 is 28.1. The van der Waals surface area contributed by atoms with Crippen LogP contribution in [-0.4, -0.2) is 44.2 Å². The number of carbonyl (C=O) groups excluding carboxylic acids is 1. The van der Waals surface area contributed by atoms with Crippen LogP contribution in [0.5, 0.6) is 0 Å². The van der Waals surface area contributed by atoms with Crippen molar-refractivity contribution in [2.75, 3.05) is 12.3 Å². The van der Waals surface area contributed by atoms with E-state index < -0.39 is 42.1 Å². The van der Waals surface area contributed by atoms with Gasteiger partial charge in [-0.1, -0.05) is 0 Å². The lowest BCUT2D eigenvalue weighted by Gasteiger charge is -2.21. The van der Waals surface area contributed by atoms with E-state index in [-0.39, 0.29) is 5.82 Å². The summed E-state index contributed by atoms with van der Waals surface area (Å²) in [5.74, 6) is -6.79. The molecule has 104 valence electrons. The number of Topliss-reactive ketones (excluding diaryl/α,β-unsaturated/α-hetero) is 1. The molecule has 1 aliphatic carbocycles. The van der Waals surface area contributed by atoms with Gasteiger partial charge in [0, 0.05) is 6.20 Å². The monoisotopic (exact) mass is 275 g/mol. The van der Waals surface area contributed by atoms with E-state index in [1.807, 2.05) is 0 Å². The number of alkyl halides is 2. The largest absolute Gasteiger partial charge is 0.396 e. The van der Waals surface area contributed by atoms with Crippen molar-refractivity contribution in [1.82, 2.24) is 9.55 Å². The zero-order chi connectivity index (χ0) is 14.4. The summed E-state index contributed by atoms with van der Waals surface area (Å²) in [7, 11) is 0. The number of halogens is 2. The number of anilines is 1. The van der Waals surface area contributed by atoms with Gasteiger partial charge in [0.25, 0.3) is 0 Å². The Bertz CT molecular complexity index is 574. The lowest BCUT2D eigenvalue weighted by atomic mass is 10.1. The van der Waals surface area contributed by atoms with Gasteiger partial charge in [-0.15, -0.1) is 0 Å². The molecule has 1 fully saturated rings. The molecule has 4 N–H and O–H groups in total. The van der Waals surface area contributed by atoms with Crippen LogP contribution in [0.4, 0.5) is 14.6 Å². The van der Waals surface area contributed by atoms with Gasteiger partial charge in [-0.05, 0) is 6.07 Å². The summed E-state index contributed by atoms with van der Waals surface area (Å²) in [6.45, 7) is -0.927. The van der Waals surface area contributed by atoms with Crippen LogP contribution in [0, 0.1) is 5.92 Å². The topological polar surface area (TPSA) is 118 Å². The second kappa shape index (κ2) is 4.35. The SMILES string of the molecule is Nc1ccn([C@@H]2C(=O)[C@H](CO)[C@@H](O)C2(F)F)c(=O)n1. The van der Waals surface area contributed by atoms with Crippen LogP contribution in [0.15, 0.2) is 17.1 Å². The van der Waals surface area contributed by atoms with Crippen LogP contribution >= 0.6 is 0 Å². The molecule has 1 saturated carbocycles. The molecule has 3 atom stereocenters. The first-order valence-corrected chi connectivity index (χ1v) is 5.35. The van der Waals surface area contributed by atoms with Crippen molar-refractivity contribution >= 4 is 11.6 Å². The third-order valence-corrected chi connectivity index (χ3v) is 3.10. The van der Waals surface area contributed by atoms with Crippen LogP contribution in [0.1, 0.15) is 6.04 Å². The van der Waals surface area contributed by atoms with Gasteiger partial charge < -0.3 is 15.9 Å². The molecule has 0 spiro atoms. The lowest BCUT2D eigenvalue weighted by molar-refractivity contribution is -0.131. The first kappa shape index (κ1) is 13.6. The zero-order valence-corrected chi connectivity index (χ0v) is 9.53. The number of carbonyl (C=O) groups is 1. The first-order chi connectivity index (χ1) is 8.80. The van der Waals surface area contributed by atoms with Gasteiger partial charge in [-0.3, -0.25) is 9.36 Å². The number of nitrogen functional groups attached to an aromatic ring is 1. The minimum atomic E-state index is -3.87. The Hall–Kier alpha value is -1.87. The maximum atomic E-state index is 13.9. The van der Waals surface area contributed by atoms with Gasteiger partial charge in [0.2, 0.25) is 0 Å². The molecule has 0 saturated heterocycles. The summed E-state index contributed by atoms with van der Waals surface area (Å²) in [5, 5.41) is 18.3. The Morgan fingerprint density at radius 1 is 1.47 bits per heavy atom. The molecular weight excluding hydrogens is 264 g/mol. The number of ketones is 1. The molecular formula is C10H11F2N3O4. The van der Waals surface area contributed by atoms with Crippen LogP contribution < -0.4 is 11.4 Å². The molecule has 0 unspecified atom stereocenters. The molecule has 2 rings (SSSR count). The normalized spacial score (nSPS) is 29.7. The highest BCUT2D eigenvalue weighted by Gasteiger charge is 2.63. The second-order valence-electron chi connectivity index (χ2n) is 4.26. The number of rotatable bonds is 2. The van der Waals surface area contributed by atoms with E-state index in [9.17, 15) is 23.5 Å². The van der Waals surface area contributed by atoms with Crippen molar-refractivity contribution in [3.63, 3.8) is 0 Å². The van der Waals surface area contributed by atoms with Gasteiger partial charge >= 0.3 is 11.6 Å². The average Bonchev–Trinajstić information content (AvgIpc) is 2.48. The number of nitrogens with zero attached hydrogens (tertiary/aromatic N) is 2. The van der Waals surface area contributed by atoms with Crippen molar-refractivity contribution in [3.05, 3.63) is 22.7 Å². The molecule has 0 aliphatic heterocycles. The third-order valence-electron chi connectivity index (χ3n) is 3.10. The van der Waals surface area contributed by atoms with Crippen molar-refractivity contribution in [3.8, 4) is 0 Å². The van der Waals surface area contributed by atoms with Gasteiger partial charge in [-0.2, -0.15) is 4.98 Å². The maximum absolute atomic E-state index is 13.9. The van der Waals surface area contributed by atoms with Crippen LogP contribution in [0.2, 0.25) is 0 Å². The fourth-order valence-electron chi connectivity index (χ4n) is 2.11. The number of hydrogen-bond donors (Lipinski definition) is 3. The maximum Gasteiger partial charge on any atom is 0.350 e. The highest BCUT2D eigenvalue weighted by atomic mass is 19.3. The van der Waals surface area contributed by atoms with Crippen LogP contribution in [0.25, 0.3) is 0 Å². The molecule has 9 heteroatoms. The van der Waals surface area contributed by atoms with Gasteiger partial charge in [-0.25, -0.2) is 13.6 Å². The molecule has 0 radical (unpaired) electrons. The fourth-order valence-corrected chi connectivity index (χ4v) is 2.11. The molecule has 1 aromatic heterocycles. The van der Waals surface area contributed by atoms with E-state index in [2.05, 4.69) is 4.98 Å². The second-order valence-corrected chi connectivity index (χ2v) is 4.26. The minimum absolute atomic E-state index is 0.172. The molecule has 7 nitrogen and oxygen atoms in total.